The molecule has 2 rings (SSSR count). The summed E-state index contributed by atoms with van der Waals surface area (Å²) in [5, 5.41) is 39.1. The number of phenolic OH excluding ortho intramolecular Hbond substituents is 2. The van der Waals surface area contributed by atoms with Crippen molar-refractivity contribution >= 4 is 23.4 Å². The molecule has 1 aliphatic heterocycles. The van der Waals surface area contributed by atoms with E-state index in [1.54, 1.807) is 32.1 Å². The Kier molecular flexibility index (Phi) is 13.4. The molecule has 2 amide bonds. The van der Waals surface area contributed by atoms with Crippen LogP contribution < -0.4 is 16.4 Å². The third kappa shape index (κ3) is 10.1. The Morgan fingerprint density at radius 3 is 2.52 bits per heavy atom. The molecule has 0 unspecified atom stereocenters. The van der Waals surface area contributed by atoms with Crippen LogP contribution in [0.15, 0.2) is 41.5 Å². The maximum Gasteiger partial charge on any atom is 0.405 e. The van der Waals surface area contributed by atoms with Gasteiger partial charge in [0.25, 0.3) is 5.91 Å². The van der Waals surface area contributed by atoms with Gasteiger partial charge in [-0.3, -0.25) is 4.79 Å². The summed E-state index contributed by atoms with van der Waals surface area (Å²) in [4.78, 5) is 26.7. The van der Waals surface area contributed by atoms with E-state index in [4.69, 9.17) is 15.2 Å². The van der Waals surface area contributed by atoms with Crippen LogP contribution in [-0.2, 0) is 20.7 Å². The minimum atomic E-state index is -0.963. The number of aliphatic hydroxyl groups excluding tert-OH is 1. The van der Waals surface area contributed by atoms with E-state index in [1.807, 2.05) is 38.9 Å². The molecule has 1 heterocycles. The van der Waals surface area contributed by atoms with E-state index in [0.717, 1.165) is 0 Å². The molecule has 2 bridgehead atoms. The molecule has 0 radical (unpaired) electrons. The minimum Gasteiger partial charge on any atom is -0.506 e. The third-order valence-electron chi connectivity index (χ3n) is 7.40. The van der Waals surface area contributed by atoms with E-state index >= 15 is 0 Å². The number of nitrogens with two attached hydrogens (primary N) is 1. The van der Waals surface area contributed by atoms with Gasteiger partial charge in [0.15, 0.2) is 6.10 Å². The molecule has 0 spiro atoms. The number of fused-ring (bicyclic) bond motifs is 2. The van der Waals surface area contributed by atoms with Crippen LogP contribution in [0.4, 0.5) is 16.2 Å². The first-order chi connectivity index (χ1) is 19.7. The quantitative estimate of drug-likeness (QED) is 0.164. The van der Waals surface area contributed by atoms with Gasteiger partial charge in [-0.15, -0.1) is 0 Å². The second kappa shape index (κ2) is 16.2. The SMILES string of the molecule is CO[C@H]1/C=C\C=C(/C)C(=O)Nc2cc(O)c(NCCN(C)C)c(c2O)C[C@@H](C)CC[C@H](O)[C@@H](C)/C=C(\C)[C@@H]1OC(N)=O. The number of amides is 2. The monoisotopic (exact) mass is 588 g/mol. The number of carbonyl (C=O) groups is 2. The fraction of sp³-hybridized carbons (Fsp3) is 0.548. The number of aliphatic hydroxyl groups is 1. The zero-order chi connectivity index (χ0) is 31.6. The van der Waals surface area contributed by atoms with Gasteiger partial charge in [-0.05, 0) is 58.7 Å². The van der Waals surface area contributed by atoms with Crippen molar-refractivity contribution in [3.8, 4) is 11.5 Å². The highest BCUT2D eigenvalue weighted by Gasteiger charge is 2.26. The Morgan fingerprint density at radius 2 is 1.90 bits per heavy atom. The van der Waals surface area contributed by atoms with Gasteiger partial charge >= 0.3 is 6.09 Å². The molecule has 0 saturated carbocycles. The number of likely N-dealkylation sites (N-methyl/N-ethyl adjacent to an activating group) is 1. The fourth-order valence-corrected chi connectivity index (χ4v) is 4.85. The van der Waals surface area contributed by atoms with Crippen LogP contribution in [0.3, 0.4) is 0 Å². The number of benzene rings is 1. The van der Waals surface area contributed by atoms with E-state index in [9.17, 15) is 24.9 Å². The van der Waals surface area contributed by atoms with E-state index in [-0.39, 0.29) is 29.0 Å². The van der Waals surface area contributed by atoms with Crippen molar-refractivity contribution in [2.75, 3.05) is 44.9 Å². The largest absolute Gasteiger partial charge is 0.506 e. The standard InChI is InChI=1S/C31H48N4O7/c1-18-11-12-24(36)20(3)16-21(4)29(42-31(32)40)26(41-7)10-8-9-19(2)30(39)34-23-17-25(37)27(22(15-18)28(23)38)33-13-14-35(5)6/h8-10,16-18,20,24,26,29,33,36-38H,11-15H2,1-7H3,(H2,32,40)(H,34,39)/b10-8-,19-9+,21-16+/t18-,20-,24-,26-,29-/m0/s1. The Balaban J connectivity index is 2.56. The van der Waals surface area contributed by atoms with E-state index in [0.29, 0.717) is 54.7 Å². The number of methoxy groups -OCH3 is 1. The normalized spacial score (nSPS) is 27.7. The van der Waals surface area contributed by atoms with Crippen LogP contribution in [0, 0.1) is 11.8 Å². The maximum atomic E-state index is 13.0. The van der Waals surface area contributed by atoms with Crippen molar-refractivity contribution in [2.24, 2.45) is 17.6 Å². The predicted octanol–water partition coefficient (Wildman–Crippen LogP) is 3.91. The number of hydrogen-bond acceptors (Lipinski definition) is 9. The number of nitrogens with one attached hydrogen (secondary N) is 2. The molecule has 42 heavy (non-hydrogen) atoms. The smallest absolute Gasteiger partial charge is 0.405 e. The highest BCUT2D eigenvalue weighted by Crippen LogP contribution is 2.42. The molecular formula is C31H48N4O7. The Bertz CT molecular complexity index is 1180. The van der Waals surface area contributed by atoms with Crippen molar-refractivity contribution in [2.45, 2.75) is 65.3 Å². The van der Waals surface area contributed by atoms with Gasteiger partial charge in [0, 0.05) is 43.3 Å². The first kappa shape index (κ1) is 34.7. The molecular weight excluding hydrogens is 540 g/mol. The summed E-state index contributed by atoms with van der Waals surface area (Å²) in [6.07, 6.45) is 4.90. The van der Waals surface area contributed by atoms with Crippen molar-refractivity contribution in [1.82, 2.24) is 4.90 Å². The lowest BCUT2D eigenvalue weighted by atomic mass is 9.89. The second-order valence-corrected chi connectivity index (χ2v) is 11.3. The molecule has 0 aliphatic carbocycles. The lowest BCUT2D eigenvalue weighted by Crippen LogP contribution is -2.35. The maximum absolute atomic E-state index is 13.0. The van der Waals surface area contributed by atoms with Gasteiger partial charge in [-0.2, -0.15) is 0 Å². The van der Waals surface area contributed by atoms with Crippen LogP contribution in [0.25, 0.3) is 0 Å². The number of rotatable bonds is 6. The Hall–Kier alpha value is -3.54. The number of aromatic hydroxyl groups is 2. The van der Waals surface area contributed by atoms with Crippen LogP contribution in [-0.4, -0.2) is 84.8 Å². The number of phenols is 2. The zero-order valence-corrected chi connectivity index (χ0v) is 25.8. The number of carbonyl (C=O) groups excluding carboxylic acids is 2. The van der Waals surface area contributed by atoms with Gasteiger partial charge in [0.2, 0.25) is 0 Å². The van der Waals surface area contributed by atoms with Crippen LogP contribution in [0.5, 0.6) is 11.5 Å². The molecule has 0 saturated heterocycles. The predicted molar refractivity (Wildman–Crippen MR) is 165 cm³/mol. The minimum absolute atomic E-state index is 0.0132. The van der Waals surface area contributed by atoms with Crippen molar-refractivity contribution in [1.29, 1.82) is 0 Å². The van der Waals surface area contributed by atoms with Crippen LogP contribution in [0.2, 0.25) is 0 Å². The first-order valence-corrected chi connectivity index (χ1v) is 14.2. The summed E-state index contributed by atoms with van der Waals surface area (Å²) in [6.45, 7) is 8.51. The summed E-state index contributed by atoms with van der Waals surface area (Å²) in [5.74, 6) is -0.951. The van der Waals surface area contributed by atoms with Gasteiger partial charge in [-0.1, -0.05) is 38.2 Å². The molecule has 1 aliphatic rings. The summed E-state index contributed by atoms with van der Waals surface area (Å²) < 4.78 is 10.9. The number of primary amides is 1. The summed E-state index contributed by atoms with van der Waals surface area (Å²) in [7, 11) is 5.34. The van der Waals surface area contributed by atoms with Crippen molar-refractivity contribution in [3.05, 3.63) is 47.1 Å². The van der Waals surface area contributed by atoms with Gasteiger partial charge in [0.05, 0.1) is 17.5 Å². The van der Waals surface area contributed by atoms with Crippen molar-refractivity contribution < 1.29 is 34.4 Å². The highest BCUT2D eigenvalue weighted by atomic mass is 16.6. The number of allylic oxidation sites excluding steroid dienone is 2. The number of ether oxygens (including phenoxy) is 2. The summed E-state index contributed by atoms with van der Waals surface area (Å²) >= 11 is 0. The van der Waals surface area contributed by atoms with Gasteiger partial charge < -0.3 is 46.1 Å². The number of anilines is 2. The van der Waals surface area contributed by atoms with Gasteiger partial charge in [0.1, 0.15) is 17.6 Å². The summed E-state index contributed by atoms with van der Waals surface area (Å²) in [5.41, 5.74) is 7.31. The highest BCUT2D eigenvalue weighted by molar-refractivity contribution is 6.04. The molecule has 1 aromatic carbocycles. The average Bonchev–Trinajstić information content (AvgIpc) is 2.91. The average molecular weight is 589 g/mol. The van der Waals surface area contributed by atoms with Gasteiger partial charge in [-0.25, -0.2) is 4.79 Å². The Labute approximate surface area is 249 Å². The second-order valence-electron chi connectivity index (χ2n) is 11.3. The zero-order valence-electron chi connectivity index (χ0n) is 25.8. The molecule has 7 N–H and O–H groups in total. The lowest BCUT2D eigenvalue weighted by molar-refractivity contribution is -0.112. The van der Waals surface area contributed by atoms with Crippen LogP contribution in [0.1, 0.15) is 46.1 Å². The van der Waals surface area contributed by atoms with Crippen molar-refractivity contribution in [3.63, 3.8) is 0 Å². The van der Waals surface area contributed by atoms with E-state index in [1.165, 1.54) is 13.2 Å². The molecule has 5 atom stereocenters. The molecule has 11 heteroatoms. The van der Waals surface area contributed by atoms with E-state index < -0.39 is 30.3 Å². The molecule has 0 fully saturated rings. The Morgan fingerprint density at radius 1 is 1.21 bits per heavy atom. The molecule has 0 aromatic heterocycles. The molecule has 11 nitrogen and oxygen atoms in total. The molecule has 1 aromatic rings. The fourth-order valence-electron chi connectivity index (χ4n) is 4.85. The topological polar surface area (TPSA) is 167 Å². The van der Waals surface area contributed by atoms with Crippen LogP contribution >= 0.6 is 0 Å². The lowest BCUT2D eigenvalue weighted by Gasteiger charge is -2.26. The third-order valence-corrected chi connectivity index (χ3v) is 7.40. The number of nitrogens with zero attached hydrogens (tertiary/aromatic N) is 1. The molecule has 234 valence electrons. The number of hydrogen-bond donors (Lipinski definition) is 6. The first-order valence-electron chi connectivity index (χ1n) is 14.2. The summed E-state index contributed by atoms with van der Waals surface area (Å²) in [6, 6.07) is 1.33. The van der Waals surface area contributed by atoms with E-state index in [2.05, 4.69) is 10.6 Å².